The van der Waals surface area contributed by atoms with Crippen LogP contribution in [0.25, 0.3) is 11.1 Å². The molecule has 2 aromatic carbocycles. The zero-order valence-electron chi connectivity index (χ0n) is 20.8. The number of rotatable bonds is 4. The monoisotopic (exact) mass is 658 g/mol. The van der Waals surface area contributed by atoms with E-state index in [-0.39, 0.29) is 0 Å². The first-order chi connectivity index (χ1) is 16.0. The number of allylic oxidation sites excluding steroid dienone is 7. The van der Waals surface area contributed by atoms with Gasteiger partial charge in [0, 0.05) is 0 Å². The van der Waals surface area contributed by atoms with Gasteiger partial charge in [0.05, 0.1) is 0 Å². The number of fused-ring (bicyclic) bond motifs is 1. The molecule has 0 heterocycles. The van der Waals surface area contributed by atoms with Gasteiger partial charge in [-0.05, 0) is 0 Å². The van der Waals surface area contributed by atoms with E-state index >= 15 is 0 Å². The molecule has 0 amide bonds. The van der Waals surface area contributed by atoms with E-state index in [1.807, 2.05) is 24.3 Å². The van der Waals surface area contributed by atoms with Gasteiger partial charge < -0.3 is 0 Å². The van der Waals surface area contributed by atoms with Crippen LogP contribution in [0.5, 0.6) is 0 Å². The number of hydrogen-bond acceptors (Lipinski definition) is 2. The minimum atomic E-state index is -2.19. The first-order valence-electron chi connectivity index (χ1n) is 11.7. The van der Waals surface area contributed by atoms with Gasteiger partial charge in [-0.15, -0.1) is 0 Å². The Morgan fingerprint density at radius 1 is 0.676 bits per heavy atom. The van der Waals surface area contributed by atoms with Crippen molar-refractivity contribution >= 4 is 55.1 Å². The zero-order valence-corrected chi connectivity index (χ0v) is 26.5. The fourth-order valence-electron chi connectivity index (χ4n) is 4.47. The molecule has 0 atom stereocenters. The van der Waals surface area contributed by atoms with Crippen molar-refractivity contribution in [2.75, 3.05) is 0 Å². The molecule has 2 aromatic rings. The summed E-state index contributed by atoms with van der Waals surface area (Å²) in [5, 5.41) is 20.7. The predicted octanol–water partition coefficient (Wildman–Crippen LogP) is 6.31. The van der Waals surface area contributed by atoms with Crippen molar-refractivity contribution in [1.82, 2.24) is 0 Å². The molecule has 0 bridgehead atoms. The summed E-state index contributed by atoms with van der Waals surface area (Å²) < 4.78 is 2.91. The molecule has 0 aliphatic heterocycles. The van der Waals surface area contributed by atoms with Gasteiger partial charge in [0.15, 0.2) is 0 Å². The molecule has 2 nitrogen and oxygen atoms in total. The van der Waals surface area contributed by atoms with Gasteiger partial charge in [0.25, 0.3) is 0 Å². The second-order valence-corrected chi connectivity index (χ2v) is 40.1. The molecule has 0 radical (unpaired) electrons. The van der Waals surface area contributed by atoms with E-state index in [1.54, 1.807) is 0 Å². The second kappa shape index (κ2) is 9.08. The van der Waals surface area contributed by atoms with Crippen molar-refractivity contribution in [1.29, 1.82) is 10.5 Å². The SMILES string of the molecule is [CH3][Sn]([CH3])([CH3])[c]1ccc(C2=CC=C=C3C=C(c4cc[c]([Sn]([CH3])([CH3])[CH3])cc4)C(C#N)(C#N)C3=C2)cc1. The molecular formula is C30H30N2Sn2. The van der Waals surface area contributed by atoms with Crippen LogP contribution in [0.4, 0.5) is 0 Å². The van der Waals surface area contributed by atoms with Crippen LogP contribution in [0.15, 0.2) is 89.7 Å². The summed E-state index contributed by atoms with van der Waals surface area (Å²) in [4.78, 5) is 14.4. The van der Waals surface area contributed by atoms with Gasteiger partial charge in [-0.3, -0.25) is 0 Å². The Bertz CT molecular complexity index is 1370. The summed E-state index contributed by atoms with van der Waals surface area (Å²) in [5.74, 6) is 0. The molecule has 2 aliphatic carbocycles. The van der Waals surface area contributed by atoms with E-state index in [1.165, 1.54) is 7.16 Å². The van der Waals surface area contributed by atoms with E-state index in [4.69, 9.17) is 0 Å². The molecule has 0 unspecified atom stereocenters. The summed E-state index contributed by atoms with van der Waals surface area (Å²) in [6.07, 6.45) is 7.91. The Labute approximate surface area is 212 Å². The van der Waals surface area contributed by atoms with Crippen molar-refractivity contribution in [3.63, 3.8) is 0 Å². The van der Waals surface area contributed by atoms with Crippen LogP contribution < -0.4 is 7.16 Å². The maximum atomic E-state index is 10.3. The van der Waals surface area contributed by atoms with Crippen molar-refractivity contribution in [2.24, 2.45) is 5.41 Å². The van der Waals surface area contributed by atoms with Crippen LogP contribution in [0.3, 0.4) is 0 Å². The average molecular weight is 656 g/mol. The van der Waals surface area contributed by atoms with Gasteiger partial charge in [-0.1, -0.05) is 0 Å². The zero-order chi connectivity index (χ0) is 24.7. The first kappa shape index (κ1) is 24.9. The van der Waals surface area contributed by atoms with Crippen LogP contribution in [0, 0.1) is 28.1 Å². The van der Waals surface area contributed by atoms with Crippen LogP contribution in [0.1, 0.15) is 11.1 Å². The van der Waals surface area contributed by atoms with E-state index in [2.05, 4.69) is 96.0 Å². The Hall–Kier alpha value is -2.24. The molecule has 0 spiro atoms. The summed E-state index contributed by atoms with van der Waals surface area (Å²) in [6.45, 7) is 0. The summed E-state index contributed by atoms with van der Waals surface area (Å²) in [5.41, 5.74) is 7.26. The molecule has 34 heavy (non-hydrogen) atoms. The molecule has 0 fully saturated rings. The quantitative estimate of drug-likeness (QED) is 0.286. The molecule has 0 N–H and O–H groups in total. The molecule has 168 valence electrons. The van der Waals surface area contributed by atoms with Crippen molar-refractivity contribution in [3.05, 3.63) is 101 Å². The number of nitrogens with zero attached hydrogens (tertiary/aromatic N) is 2. The summed E-state index contributed by atoms with van der Waals surface area (Å²) in [7, 11) is 0. The Balaban J connectivity index is 1.79. The van der Waals surface area contributed by atoms with Crippen molar-refractivity contribution < 1.29 is 0 Å². The Morgan fingerprint density at radius 3 is 1.65 bits per heavy atom. The van der Waals surface area contributed by atoms with Gasteiger partial charge in [-0.2, -0.15) is 0 Å². The number of benzene rings is 2. The third-order valence-electron chi connectivity index (χ3n) is 6.67. The Morgan fingerprint density at radius 2 is 1.18 bits per heavy atom. The van der Waals surface area contributed by atoms with Gasteiger partial charge in [0.1, 0.15) is 0 Å². The van der Waals surface area contributed by atoms with E-state index < -0.39 is 42.2 Å². The van der Waals surface area contributed by atoms with Crippen LogP contribution in [-0.2, 0) is 0 Å². The predicted molar refractivity (Wildman–Crippen MR) is 148 cm³/mol. The topological polar surface area (TPSA) is 47.6 Å². The van der Waals surface area contributed by atoms with Gasteiger partial charge >= 0.3 is 214 Å². The summed E-state index contributed by atoms with van der Waals surface area (Å²) in [6, 6.07) is 22.1. The molecule has 0 saturated carbocycles. The first-order valence-corrected chi connectivity index (χ1v) is 31.6. The van der Waals surface area contributed by atoms with Crippen molar-refractivity contribution in [3.8, 4) is 12.1 Å². The number of hydrogen-bond donors (Lipinski definition) is 0. The fourth-order valence-corrected chi connectivity index (χ4v) is 11.1. The van der Waals surface area contributed by atoms with Crippen LogP contribution in [0.2, 0.25) is 29.6 Å². The second-order valence-electron chi connectivity index (χ2n) is 11.1. The third-order valence-corrected chi connectivity index (χ3v) is 18.5. The molecular weight excluding hydrogens is 626 g/mol. The third kappa shape index (κ3) is 4.52. The minimum absolute atomic E-state index is 0.714. The summed E-state index contributed by atoms with van der Waals surface area (Å²) >= 11 is -4.32. The average Bonchev–Trinajstić information content (AvgIpc) is 2.94. The molecule has 4 heteroatoms. The normalized spacial score (nSPS) is 16.8. The maximum absolute atomic E-state index is 10.3. The molecule has 0 aromatic heterocycles. The molecule has 0 saturated heterocycles. The van der Waals surface area contributed by atoms with Crippen LogP contribution in [-0.4, -0.2) is 36.8 Å². The Kier molecular flexibility index (Phi) is 6.64. The van der Waals surface area contributed by atoms with E-state index in [9.17, 15) is 10.5 Å². The van der Waals surface area contributed by atoms with E-state index in [0.717, 1.165) is 27.8 Å². The van der Waals surface area contributed by atoms with E-state index in [0.29, 0.717) is 5.57 Å². The molecule has 2 aliphatic rings. The molecule has 4 rings (SSSR count). The van der Waals surface area contributed by atoms with Gasteiger partial charge in [-0.25, -0.2) is 0 Å². The van der Waals surface area contributed by atoms with Crippen LogP contribution >= 0.6 is 0 Å². The number of nitriles is 2. The van der Waals surface area contributed by atoms with Gasteiger partial charge in [0.2, 0.25) is 0 Å². The fraction of sp³-hybridized carbons (Fsp3) is 0.233. The standard InChI is InChI=1S/C24H12N2.6CH3.2Sn/c25-16-24(17-26)22(19-10-5-2-6-11-19)15-21-13-7-12-20(14-23(21)24)18-8-3-1-4-9-18;;;;;;;;/h3-12,14-15H;6*1H3;;. The van der Waals surface area contributed by atoms with Crippen molar-refractivity contribution in [2.45, 2.75) is 29.6 Å².